The van der Waals surface area contributed by atoms with Crippen LogP contribution in [0.5, 0.6) is 0 Å². The minimum atomic E-state index is -0.146. The maximum absolute atomic E-state index is 11.6. The van der Waals surface area contributed by atoms with E-state index in [1.165, 1.54) is 20.0 Å². The van der Waals surface area contributed by atoms with Crippen LogP contribution in [0.4, 0.5) is 0 Å². The van der Waals surface area contributed by atoms with Crippen LogP contribution in [0.25, 0.3) is 0 Å². The average molecular weight is 251 g/mol. The number of hydrogen-bond acceptors (Lipinski definition) is 4. The molecule has 4 heteroatoms. The Morgan fingerprint density at radius 2 is 2.28 bits per heavy atom. The first-order valence-electron chi connectivity index (χ1n) is 6.49. The van der Waals surface area contributed by atoms with Crippen molar-refractivity contribution < 1.29 is 13.9 Å². The van der Waals surface area contributed by atoms with Crippen molar-refractivity contribution in [2.75, 3.05) is 7.11 Å². The quantitative estimate of drug-likeness (QED) is 0.728. The summed E-state index contributed by atoms with van der Waals surface area (Å²) in [5.74, 6) is 0.684. The zero-order chi connectivity index (χ0) is 13.1. The molecular weight excluding hydrogens is 230 g/mol. The van der Waals surface area contributed by atoms with Gasteiger partial charge in [0.2, 0.25) is 0 Å². The summed E-state index contributed by atoms with van der Waals surface area (Å²) in [6, 6.07) is 4.62. The van der Waals surface area contributed by atoms with Gasteiger partial charge in [0.1, 0.15) is 5.76 Å². The van der Waals surface area contributed by atoms with Crippen LogP contribution in [-0.2, 0) is 16.1 Å². The smallest absolute Gasteiger partial charge is 0.309 e. The highest BCUT2D eigenvalue weighted by Crippen LogP contribution is 2.32. The van der Waals surface area contributed by atoms with Gasteiger partial charge in [-0.25, -0.2) is 0 Å². The number of hydrogen-bond donors (Lipinski definition) is 0. The van der Waals surface area contributed by atoms with Gasteiger partial charge in [0.25, 0.3) is 0 Å². The number of nitrogens with zero attached hydrogens (tertiary/aromatic N) is 1. The topological polar surface area (TPSA) is 42.7 Å². The first kappa shape index (κ1) is 13.1. The fraction of sp³-hybridized carbons (Fsp3) is 0.643. The highest BCUT2D eigenvalue weighted by molar-refractivity contribution is 5.72. The molecule has 0 saturated heterocycles. The minimum Gasteiger partial charge on any atom is -0.469 e. The molecule has 0 amide bonds. The van der Waals surface area contributed by atoms with E-state index < -0.39 is 0 Å². The van der Waals surface area contributed by atoms with E-state index in [0.29, 0.717) is 6.04 Å². The summed E-state index contributed by atoms with van der Waals surface area (Å²) in [4.78, 5) is 14.0. The van der Waals surface area contributed by atoms with E-state index in [4.69, 9.17) is 9.15 Å². The molecule has 1 fully saturated rings. The van der Waals surface area contributed by atoms with E-state index >= 15 is 0 Å². The number of methoxy groups -OCH3 is 1. The van der Waals surface area contributed by atoms with Crippen LogP contribution in [0.1, 0.15) is 32.4 Å². The Hall–Kier alpha value is -1.29. The van der Waals surface area contributed by atoms with Gasteiger partial charge in [-0.05, 0) is 31.9 Å². The molecule has 4 nitrogen and oxygen atoms in total. The summed E-state index contributed by atoms with van der Waals surface area (Å²) in [5.41, 5.74) is 0. The molecule has 1 heterocycles. The molecule has 1 aliphatic carbocycles. The highest BCUT2D eigenvalue weighted by atomic mass is 16.5. The lowest BCUT2D eigenvalue weighted by Crippen LogP contribution is -2.41. The first-order valence-corrected chi connectivity index (χ1v) is 6.49. The van der Waals surface area contributed by atoms with E-state index in [1.807, 2.05) is 19.1 Å². The van der Waals surface area contributed by atoms with E-state index in [2.05, 4.69) is 11.8 Å². The molecule has 1 aliphatic rings. The van der Waals surface area contributed by atoms with Crippen molar-refractivity contribution in [3.05, 3.63) is 24.2 Å². The normalized spacial score (nSPS) is 18.7. The molecule has 0 spiro atoms. The molecule has 0 bridgehead atoms. The second kappa shape index (κ2) is 5.57. The fourth-order valence-electron chi connectivity index (χ4n) is 2.26. The lowest BCUT2D eigenvalue weighted by atomic mass is 10.0. The molecule has 1 saturated carbocycles. The van der Waals surface area contributed by atoms with Gasteiger partial charge in [0.15, 0.2) is 0 Å². The number of carbonyl (C=O) groups is 1. The molecule has 1 aromatic heterocycles. The molecule has 2 atom stereocenters. The van der Waals surface area contributed by atoms with Gasteiger partial charge >= 0.3 is 5.97 Å². The zero-order valence-electron chi connectivity index (χ0n) is 11.3. The Morgan fingerprint density at radius 3 is 2.78 bits per heavy atom. The van der Waals surface area contributed by atoms with Gasteiger partial charge in [-0.3, -0.25) is 9.69 Å². The first-order chi connectivity index (χ1) is 8.63. The van der Waals surface area contributed by atoms with E-state index in [-0.39, 0.29) is 17.9 Å². The zero-order valence-corrected chi connectivity index (χ0v) is 11.3. The van der Waals surface area contributed by atoms with Crippen LogP contribution in [0.2, 0.25) is 0 Å². The molecule has 18 heavy (non-hydrogen) atoms. The van der Waals surface area contributed by atoms with Crippen molar-refractivity contribution in [1.29, 1.82) is 0 Å². The van der Waals surface area contributed by atoms with Crippen LogP contribution < -0.4 is 0 Å². The molecule has 0 aromatic carbocycles. The standard InChI is InChI=1S/C14H21NO3/c1-10(14(16)17-3)11(2)15(12-6-7-12)9-13-5-4-8-18-13/h4-5,8,10-12H,6-7,9H2,1-3H3. The summed E-state index contributed by atoms with van der Waals surface area (Å²) in [6.07, 6.45) is 4.10. The molecule has 0 N–H and O–H groups in total. The third kappa shape index (κ3) is 2.93. The average Bonchev–Trinajstić information content (AvgIpc) is 3.10. The fourth-order valence-corrected chi connectivity index (χ4v) is 2.26. The summed E-state index contributed by atoms with van der Waals surface area (Å²) >= 11 is 0. The third-order valence-corrected chi connectivity index (χ3v) is 3.75. The van der Waals surface area contributed by atoms with Gasteiger partial charge in [0.05, 0.1) is 25.8 Å². The second-order valence-corrected chi connectivity index (χ2v) is 5.04. The van der Waals surface area contributed by atoms with Gasteiger partial charge in [-0.1, -0.05) is 6.92 Å². The van der Waals surface area contributed by atoms with Gasteiger partial charge in [-0.15, -0.1) is 0 Å². The molecule has 1 aromatic rings. The summed E-state index contributed by atoms with van der Waals surface area (Å²) in [7, 11) is 1.44. The molecule has 2 unspecified atom stereocenters. The minimum absolute atomic E-state index is 0.120. The van der Waals surface area contributed by atoms with Crippen LogP contribution in [-0.4, -0.2) is 30.1 Å². The summed E-state index contributed by atoms with van der Waals surface area (Å²) in [6.45, 7) is 4.77. The van der Waals surface area contributed by atoms with Gasteiger partial charge < -0.3 is 9.15 Å². The van der Waals surface area contributed by atoms with Gasteiger partial charge in [-0.2, -0.15) is 0 Å². The molecule has 2 rings (SSSR count). The van der Waals surface area contributed by atoms with Crippen LogP contribution >= 0.6 is 0 Å². The van der Waals surface area contributed by atoms with Crippen molar-refractivity contribution in [3.63, 3.8) is 0 Å². The number of rotatable bonds is 6. The molecule has 0 radical (unpaired) electrons. The number of ether oxygens (including phenoxy) is 1. The van der Waals surface area contributed by atoms with Crippen molar-refractivity contribution in [3.8, 4) is 0 Å². The summed E-state index contributed by atoms with van der Waals surface area (Å²) < 4.78 is 10.2. The third-order valence-electron chi connectivity index (χ3n) is 3.75. The van der Waals surface area contributed by atoms with Crippen LogP contribution in [0.15, 0.2) is 22.8 Å². The van der Waals surface area contributed by atoms with Crippen molar-refractivity contribution in [1.82, 2.24) is 4.90 Å². The predicted molar refractivity (Wildman–Crippen MR) is 67.9 cm³/mol. The van der Waals surface area contributed by atoms with Gasteiger partial charge in [0, 0.05) is 12.1 Å². The summed E-state index contributed by atoms with van der Waals surface area (Å²) in [5, 5.41) is 0. The highest BCUT2D eigenvalue weighted by Gasteiger charge is 2.36. The Kier molecular flexibility index (Phi) is 4.07. The molecule has 100 valence electrons. The number of carbonyl (C=O) groups excluding carboxylic acids is 1. The lowest BCUT2D eigenvalue weighted by Gasteiger charge is -2.31. The van der Waals surface area contributed by atoms with Crippen molar-refractivity contribution >= 4 is 5.97 Å². The van der Waals surface area contributed by atoms with E-state index in [1.54, 1.807) is 6.26 Å². The molecule has 0 aliphatic heterocycles. The molecular formula is C14H21NO3. The van der Waals surface area contributed by atoms with E-state index in [0.717, 1.165) is 12.3 Å². The number of furan rings is 1. The largest absolute Gasteiger partial charge is 0.469 e. The second-order valence-electron chi connectivity index (χ2n) is 5.04. The van der Waals surface area contributed by atoms with Crippen molar-refractivity contribution in [2.24, 2.45) is 5.92 Å². The van der Waals surface area contributed by atoms with E-state index in [9.17, 15) is 4.79 Å². The van der Waals surface area contributed by atoms with Crippen LogP contribution in [0.3, 0.4) is 0 Å². The Morgan fingerprint density at radius 1 is 1.56 bits per heavy atom. The monoisotopic (exact) mass is 251 g/mol. The Bertz CT molecular complexity index is 384. The Labute approximate surface area is 108 Å². The lowest BCUT2D eigenvalue weighted by molar-refractivity contribution is -0.147. The maximum atomic E-state index is 11.6. The maximum Gasteiger partial charge on any atom is 0.309 e. The van der Waals surface area contributed by atoms with Crippen molar-refractivity contribution in [2.45, 2.75) is 45.3 Å². The predicted octanol–water partition coefficient (Wildman–Crippen LogP) is 2.44. The number of esters is 1. The Balaban J connectivity index is 2.03. The SMILES string of the molecule is COC(=O)C(C)C(C)N(Cc1ccco1)C1CC1. The van der Waals surface area contributed by atoms with Crippen LogP contribution in [0, 0.1) is 5.92 Å².